The van der Waals surface area contributed by atoms with E-state index in [-0.39, 0.29) is 18.2 Å². The van der Waals surface area contributed by atoms with Crippen LogP contribution in [0.25, 0.3) is 0 Å². The van der Waals surface area contributed by atoms with E-state index in [1.807, 2.05) is 49.9 Å². The Morgan fingerprint density at radius 2 is 1.89 bits per heavy atom. The van der Waals surface area contributed by atoms with Crippen molar-refractivity contribution in [3.63, 3.8) is 0 Å². The van der Waals surface area contributed by atoms with Crippen LogP contribution >= 0.6 is 11.6 Å². The number of nitrogens with one attached hydrogen (secondary N) is 1. The maximum absolute atomic E-state index is 12.3. The van der Waals surface area contributed by atoms with Crippen LogP contribution < -0.4 is 5.32 Å². The molecule has 1 fully saturated rings. The van der Waals surface area contributed by atoms with Crippen LogP contribution in [0.4, 0.5) is 4.79 Å². The van der Waals surface area contributed by atoms with E-state index in [0.717, 1.165) is 5.56 Å². The molecule has 8 heteroatoms. The SMILES string of the molecule is CC(C)(C)OC(=O)N1CCN(/C=C(/C#N)C(=O)NCc2ccccc2Cl)CC1. The first-order valence-electron chi connectivity index (χ1n) is 9.05. The third-order valence-corrected chi connectivity index (χ3v) is 4.41. The Morgan fingerprint density at radius 1 is 1.25 bits per heavy atom. The number of hydrogen-bond donors (Lipinski definition) is 1. The highest BCUT2D eigenvalue weighted by atomic mass is 35.5. The number of piperazine rings is 1. The largest absolute Gasteiger partial charge is 0.444 e. The molecule has 0 atom stereocenters. The van der Waals surface area contributed by atoms with Crippen molar-refractivity contribution in [3.05, 3.63) is 46.6 Å². The summed E-state index contributed by atoms with van der Waals surface area (Å²) >= 11 is 6.07. The summed E-state index contributed by atoms with van der Waals surface area (Å²) in [5, 5.41) is 12.6. The molecule has 28 heavy (non-hydrogen) atoms. The Labute approximate surface area is 170 Å². The van der Waals surface area contributed by atoms with Gasteiger partial charge in [0.2, 0.25) is 0 Å². The molecule has 1 heterocycles. The second-order valence-electron chi connectivity index (χ2n) is 7.43. The number of halogens is 1. The molecule has 0 saturated carbocycles. The fourth-order valence-electron chi connectivity index (χ4n) is 2.59. The molecule has 0 spiro atoms. The van der Waals surface area contributed by atoms with Crippen LogP contribution in [0.5, 0.6) is 0 Å². The van der Waals surface area contributed by atoms with E-state index in [0.29, 0.717) is 31.2 Å². The van der Waals surface area contributed by atoms with E-state index in [1.54, 1.807) is 11.0 Å². The van der Waals surface area contributed by atoms with Crippen LogP contribution in [0.1, 0.15) is 26.3 Å². The minimum atomic E-state index is -0.540. The van der Waals surface area contributed by atoms with E-state index in [9.17, 15) is 14.9 Å². The van der Waals surface area contributed by atoms with E-state index in [2.05, 4.69) is 5.32 Å². The lowest BCUT2D eigenvalue weighted by Crippen LogP contribution is -2.48. The lowest BCUT2D eigenvalue weighted by atomic mass is 10.2. The molecule has 0 bridgehead atoms. The zero-order chi connectivity index (χ0) is 20.7. The van der Waals surface area contributed by atoms with E-state index >= 15 is 0 Å². The second-order valence-corrected chi connectivity index (χ2v) is 7.84. The van der Waals surface area contributed by atoms with E-state index in [4.69, 9.17) is 16.3 Å². The molecule has 2 amide bonds. The van der Waals surface area contributed by atoms with E-state index < -0.39 is 11.5 Å². The summed E-state index contributed by atoms with van der Waals surface area (Å²) in [6, 6.07) is 9.13. The fourth-order valence-corrected chi connectivity index (χ4v) is 2.80. The number of benzene rings is 1. The molecule has 1 aromatic rings. The lowest BCUT2D eigenvalue weighted by Gasteiger charge is -2.35. The summed E-state index contributed by atoms with van der Waals surface area (Å²) in [5.41, 5.74) is 0.250. The minimum Gasteiger partial charge on any atom is -0.444 e. The van der Waals surface area contributed by atoms with Crippen LogP contribution in [0, 0.1) is 11.3 Å². The van der Waals surface area contributed by atoms with Gasteiger partial charge in [0, 0.05) is 43.9 Å². The van der Waals surface area contributed by atoms with Crippen molar-refractivity contribution in [1.29, 1.82) is 5.26 Å². The standard InChI is InChI=1S/C20H25ClN4O3/c1-20(2,3)28-19(27)25-10-8-24(9-11-25)14-16(12-22)18(26)23-13-15-6-4-5-7-17(15)21/h4-7,14H,8-11,13H2,1-3H3,(H,23,26)/b16-14-. The van der Waals surface area contributed by atoms with Crippen molar-refractivity contribution in [1.82, 2.24) is 15.1 Å². The van der Waals surface area contributed by atoms with Gasteiger partial charge in [0.05, 0.1) is 0 Å². The van der Waals surface area contributed by atoms with Gasteiger partial charge < -0.3 is 19.9 Å². The molecule has 7 nitrogen and oxygen atoms in total. The van der Waals surface area contributed by atoms with Crippen LogP contribution in [-0.2, 0) is 16.1 Å². The van der Waals surface area contributed by atoms with Crippen molar-refractivity contribution in [2.75, 3.05) is 26.2 Å². The first-order chi connectivity index (χ1) is 13.2. The highest BCUT2D eigenvalue weighted by Crippen LogP contribution is 2.15. The summed E-state index contributed by atoms with van der Waals surface area (Å²) < 4.78 is 5.36. The quantitative estimate of drug-likeness (QED) is 0.616. The third kappa shape index (κ3) is 6.46. The number of nitrogens with zero attached hydrogens (tertiary/aromatic N) is 3. The average molecular weight is 405 g/mol. The van der Waals surface area contributed by atoms with Gasteiger partial charge in [-0.2, -0.15) is 5.26 Å². The summed E-state index contributed by atoms with van der Waals surface area (Å²) in [4.78, 5) is 27.9. The van der Waals surface area contributed by atoms with Crippen LogP contribution in [0.15, 0.2) is 36.0 Å². The highest BCUT2D eigenvalue weighted by molar-refractivity contribution is 6.31. The number of hydrogen-bond acceptors (Lipinski definition) is 5. The van der Waals surface area contributed by atoms with Gasteiger partial charge in [-0.15, -0.1) is 0 Å². The minimum absolute atomic E-state index is 0.0118. The van der Waals surface area contributed by atoms with Crippen molar-refractivity contribution in [3.8, 4) is 6.07 Å². The Bertz CT molecular complexity index is 787. The number of carbonyl (C=O) groups is 2. The number of amides is 2. The first kappa shape index (κ1) is 21.6. The lowest BCUT2D eigenvalue weighted by molar-refractivity contribution is -0.117. The summed E-state index contributed by atoms with van der Waals surface area (Å²) in [7, 11) is 0. The molecule has 1 N–H and O–H groups in total. The Balaban J connectivity index is 1.89. The highest BCUT2D eigenvalue weighted by Gasteiger charge is 2.25. The Hall–Kier alpha value is -2.72. The number of ether oxygens (including phenoxy) is 1. The van der Waals surface area contributed by atoms with Crippen molar-refractivity contribution in [2.24, 2.45) is 0 Å². The van der Waals surface area contributed by atoms with Gasteiger partial charge in [-0.25, -0.2) is 4.79 Å². The summed E-state index contributed by atoms with van der Waals surface area (Å²) in [5.74, 6) is -0.461. The predicted molar refractivity (Wildman–Crippen MR) is 106 cm³/mol. The van der Waals surface area contributed by atoms with Gasteiger partial charge in [-0.1, -0.05) is 29.8 Å². The van der Waals surface area contributed by atoms with Crippen LogP contribution in [0.3, 0.4) is 0 Å². The molecule has 2 rings (SSSR count). The predicted octanol–water partition coefficient (Wildman–Crippen LogP) is 2.92. The third-order valence-electron chi connectivity index (χ3n) is 4.04. The number of carbonyl (C=O) groups excluding carboxylic acids is 2. The first-order valence-corrected chi connectivity index (χ1v) is 9.43. The fraction of sp³-hybridized carbons (Fsp3) is 0.450. The number of nitriles is 1. The Morgan fingerprint density at radius 3 is 2.46 bits per heavy atom. The van der Waals surface area contributed by atoms with Gasteiger partial charge in [-0.3, -0.25) is 4.79 Å². The molecule has 1 aromatic carbocycles. The maximum atomic E-state index is 12.3. The molecule has 0 aromatic heterocycles. The zero-order valence-corrected chi connectivity index (χ0v) is 17.1. The Kier molecular flexibility index (Phi) is 7.30. The number of rotatable bonds is 4. The van der Waals surface area contributed by atoms with Crippen LogP contribution in [0.2, 0.25) is 5.02 Å². The van der Waals surface area contributed by atoms with Gasteiger partial charge in [0.1, 0.15) is 17.2 Å². The molecule has 0 radical (unpaired) electrons. The summed E-state index contributed by atoms with van der Waals surface area (Å²) in [6.45, 7) is 7.67. The molecule has 1 saturated heterocycles. The molecule has 0 aliphatic carbocycles. The van der Waals surface area contributed by atoms with Crippen molar-refractivity contribution >= 4 is 23.6 Å². The summed E-state index contributed by atoms with van der Waals surface area (Å²) in [6.07, 6.45) is 1.18. The average Bonchev–Trinajstić information content (AvgIpc) is 2.64. The zero-order valence-electron chi connectivity index (χ0n) is 16.4. The molecule has 1 aliphatic heterocycles. The van der Waals surface area contributed by atoms with Crippen molar-refractivity contribution < 1.29 is 14.3 Å². The molecular weight excluding hydrogens is 380 g/mol. The van der Waals surface area contributed by atoms with Crippen molar-refractivity contribution in [2.45, 2.75) is 32.9 Å². The smallest absolute Gasteiger partial charge is 0.410 e. The van der Waals surface area contributed by atoms with Gasteiger partial charge in [-0.05, 0) is 32.4 Å². The molecule has 1 aliphatic rings. The molecule has 150 valence electrons. The molecule has 0 unspecified atom stereocenters. The normalized spacial score (nSPS) is 15.0. The van der Waals surface area contributed by atoms with Gasteiger partial charge in [0.15, 0.2) is 0 Å². The topological polar surface area (TPSA) is 85.7 Å². The van der Waals surface area contributed by atoms with Gasteiger partial charge >= 0.3 is 6.09 Å². The van der Waals surface area contributed by atoms with E-state index in [1.165, 1.54) is 6.20 Å². The van der Waals surface area contributed by atoms with Crippen LogP contribution in [-0.4, -0.2) is 53.6 Å². The molecular formula is C20H25ClN4O3. The monoisotopic (exact) mass is 404 g/mol. The maximum Gasteiger partial charge on any atom is 0.410 e. The second kappa shape index (κ2) is 9.47. The van der Waals surface area contributed by atoms with Gasteiger partial charge in [0.25, 0.3) is 5.91 Å².